The summed E-state index contributed by atoms with van der Waals surface area (Å²) >= 11 is 0. The summed E-state index contributed by atoms with van der Waals surface area (Å²) in [7, 11) is 0. The molecular formula is C24H25NO2. The number of benzene rings is 2. The smallest absolute Gasteiger partial charge is 0.186 e. The summed E-state index contributed by atoms with van der Waals surface area (Å²) in [5, 5.41) is 0. The van der Waals surface area contributed by atoms with Gasteiger partial charge in [-0.25, -0.2) is 0 Å². The molecule has 0 N–H and O–H groups in total. The number of rotatable bonds is 6. The van der Waals surface area contributed by atoms with Gasteiger partial charge in [0.05, 0.1) is 0 Å². The highest BCUT2D eigenvalue weighted by atomic mass is 16.1. The monoisotopic (exact) mass is 359 g/mol. The highest BCUT2D eigenvalue weighted by molar-refractivity contribution is 6.09. The van der Waals surface area contributed by atoms with E-state index in [1.165, 1.54) is 16.9 Å². The molecule has 0 fully saturated rings. The van der Waals surface area contributed by atoms with E-state index in [9.17, 15) is 9.59 Å². The number of nitrogens with zero attached hydrogens (tertiary/aromatic N) is 1. The van der Waals surface area contributed by atoms with Crippen LogP contribution in [0.1, 0.15) is 53.5 Å². The molecule has 0 saturated carbocycles. The maximum atomic E-state index is 12.5. The van der Waals surface area contributed by atoms with Crippen molar-refractivity contribution in [1.29, 1.82) is 0 Å². The third kappa shape index (κ3) is 3.50. The molecule has 1 aliphatic heterocycles. The van der Waals surface area contributed by atoms with E-state index in [0.29, 0.717) is 11.1 Å². The summed E-state index contributed by atoms with van der Waals surface area (Å²) in [5.74, 6) is -0.162. The van der Waals surface area contributed by atoms with Gasteiger partial charge in [-0.15, -0.1) is 0 Å². The zero-order valence-electron chi connectivity index (χ0n) is 16.1. The number of hydrogen-bond donors (Lipinski definition) is 0. The average Bonchev–Trinajstić information content (AvgIpc) is 2.89. The number of hydrogen-bond acceptors (Lipinski definition) is 3. The van der Waals surface area contributed by atoms with Gasteiger partial charge in [-0.1, -0.05) is 69.3 Å². The van der Waals surface area contributed by atoms with E-state index >= 15 is 0 Å². The van der Waals surface area contributed by atoms with Gasteiger partial charge in [0.15, 0.2) is 12.1 Å². The van der Waals surface area contributed by atoms with Crippen LogP contribution in [0.25, 0.3) is 0 Å². The summed E-state index contributed by atoms with van der Waals surface area (Å²) in [6, 6.07) is 15.3. The lowest BCUT2D eigenvalue weighted by molar-refractivity contribution is 0.103. The first-order chi connectivity index (χ1) is 13.0. The number of allylic oxidation sites excluding steroid dienone is 4. The lowest BCUT2D eigenvalue weighted by Gasteiger charge is -2.26. The van der Waals surface area contributed by atoms with Crippen LogP contribution in [-0.4, -0.2) is 18.6 Å². The average molecular weight is 359 g/mol. The molecule has 138 valence electrons. The molecule has 0 atom stereocenters. The molecule has 2 aromatic carbocycles. The summed E-state index contributed by atoms with van der Waals surface area (Å²) in [4.78, 5) is 26.0. The molecule has 3 nitrogen and oxygen atoms in total. The van der Waals surface area contributed by atoms with Gasteiger partial charge in [0.2, 0.25) is 0 Å². The van der Waals surface area contributed by atoms with Gasteiger partial charge < -0.3 is 4.90 Å². The van der Waals surface area contributed by atoms with Crippen LogP contribution in [0, 0.1) is 0 Å². The molecule has 0 bridgehead atoms. The second-order valence-corrected chi connectivity index (χ2v) is 7.27. The number of carbonyl (C=O) groups excluding carboxylic acids is 2. The zero-order chi connectivity index (χ0) is 19.4. The van der Waals surface area contributed by atoms with Crippen molar-refractivity contribution in [3.05, 3.63) is 89.1 Å². The number of aldehydes is 1. The summed E-state index contributed by atoms with van der Waals surface area (Å²) in [5.41, 5.74) is 4.44. The van der Waals surface area contributed by atoms with Crippen LogP contribution < -0.4 is 4.90 Å². The van der Waals surface area contributed by atoms with Crippen molar-refractivity contribution in [2.75, 3.05) is 11.4 Å². The Hall–Kier alpha value is -2.94. The van der Waals surface area contributed by atoms with Gasteiger partial charge >= 0.3 is 0 Å². The molecule has 2 aromatic rings. The number of anilines is 1. The van der Waals surface area contributed by atoms with Crippen molar-refractivity contribution < 1.29 is 9.59 Å². The van der Waals surface area contributed by atoms with Crippen molar-refractivity contribution >= 4 is 17.8 Å². The van der Waals surface area contributed by atoms with Crippen molar-refractivity contribution in [2.45, 2.75) is 32.6 Å². The van der Waals surface area contributed by atoms with Crippen LogP contribution in [0.15, 0.2) is 72.5 Å². The van der Waals surface area contributed by atoms with E-state index < -0.39 is 0 Å². The van der Waals surface area contributed by atoms with Crippen molar-refractivity contribution in [1.82, 2.24) is 0 Å². The van der Waals surface area contributed by atoms with Crippen molar-refractivity contribution in [3.8, 4) is 0 Å². The molecule has 27 heavy (non-hydrogen) atoms. The fourth-order valence-electron chi connectivity index (χ4n) is 3.75. The van der Waals surface area contributed by atoms with Crippen molar-refractivity contribution in [2.24, 2.45) is 0 Å². The number of carbonyl (C=O) groups is 2. The molecule has 0 amide bonds. The maximum absolute atomic E-state index is 12.5. The first-order valence-electron chi connectivity index (χ1n) is 9.35. The quantitative estimate of drug-likeness (QED) is 0.397. The fraction of sp³-hybridized carbons (Fsp3) is 0.250. The molecule has 0 saturated heterocycles. The normalized spacial score (nSPS) is 16.7. The van der Waals surface area contributed by atoms with Crippen LogP contribution in [-0.2, 0) is 5.41 Å². The van der Waals surface area contributed by atoms with Gasteiger partial charge in [-0.2, -0.15) is 0 Å². The molecule has 0 aromatic heterocycles. The van der Waals surface area contributed by atoms with Gasteiger partial charge in [0.25, 0.3) is 0 Å². The predicted molar refractivity (Wildman–Crippen MR) is 110 cm³/mol. The summed E-state index contributed by atoms with van der Waals surface area (Å²) in [6.07, 6.45) is 7.13. The minimum absolute atomic E-state index is 0.125. The number of fused-ring (bicyclic) bond motifs is 1. The Morgan fingerprint density at radius 1 is 1.07 bits per heavy atom. The Bertz CT molecular complexity index is 921. The fourth-order valence-corrected chi connectivity index (χ4v) is 3.75. The Morgan fingerprint density at radius 3 is 2.52 bits per heavy atom. The number of para-hydroxylation sites is 1. The molecule has 1 heterocycles. The molecule has 3 heteroatoms. The minimum atomic E-state index is -0.162. The van der Waals surface area contributed by atoms with Gasteiger partial charge in [0.1, 0.15) is 0 Å². The van der Waals surface area contributed by atoms with Crippen molar-refractivity contribution in [3.63, 3.8) is 0 Å². The molecule has 0 spiro atoms. The van der Waals surface area contributed by atoms with Crippen LogP contribution in [0.3, 0.4) is 0 Å². The maximum Gasteiger partial charge on any atom is 0.186 e. The second-order valence-electron chi connectivity index (χ2n) is 7.27. The van der Waals surface area contributed by atoms with E-state index in [1.54, 1.807) is 36.4 Å². The first kappa shape index (κ1) is 18.8. The summed E-state index contributed by atoms with van der Waals surface area (Å²) in [6.45, 7) is 7.53. The number of ketones is 1. The van der Waals surface area contributed by atoms with Gasteiger partial charge in [0, 0.05) is 34.5 Å². The third-order valence-corrected chi connectivity index (χ3v) is 5.10. The molecule has 1 aliphatic rings. The van der Waals surface area contributed by atoms with Crippen LogP contribution in [0.2, 0.25) is 0 Å². The Morgan fingerprint density at radius 2 is 1.78 bits per heavy atom. The third-order valence-electron chi connectivity index (χ3n) is 5.10. The second kappa shape index (κ2) is 7.75. The SMILES string of the molecule is CCCN1/C(=C\C=C\C(=O)c2ccccc2C=O)C(C)(C)c2ccccc21. The predicted octanol–water partition coefficient (Wildman–Crippen LogP) is 5.33. The van der Waals surface area contributed by atoms with Gasteiger partial charge in [-0.3, -0.25) is 9.59 Å². The molecular weight excluding hydrogens is 334 g/mol. The van der Waals surface area contributed by atoms with E-state index in [4.69, 9.17) is 0 Å². The molecule has 0 aliphatic carbocycles. The standard InChI is InChI=1S/C24H25NO2/c1-4-16-25-21-13-8-7-12-20(21)24(2,3)23(25)15-9-14-22(27)19-11-6-5-10-18(19)17-26/h5-15,17H,4,16H2,1-3H3/b14-9+,23-15-. The highest BCUT2D eigenvalue weighted by Gasteiger charge is 2.38. The molecule has 3 rings (SSSR count). The lowest BCUT2D eigenvalue weighted by Crippen LogP contribution is -2.26. The lowest BCUT2D eigenvalue weighted by atomic mass is 9.83. The van der Waals surface area contributed by atoms with E-state index in [-0.39, 0.29) is 11.2 Å². The highest BCUT2D eigenvalue weighted by Crippen LogP contribution is 2.47. The van der Waals surface area contributed by atoms with E-state index in [0.717, 1.165) is 19.3 Å². The first-order valence-corrected chi connectivity index (χ1v) is 9.35. The van der Waals surface area contributed by atoms with E-state index in [2.05, 4.69) is 49.9 Å². The minimum Gasteiger partial charge on any atom is -0.344 e. The molecule has 0 radical (unpaired) electrons. The largest absolute Gasteiger partial charge is 0.344 e. The van der Waals surface area contributed by atoms with Crippen LogP contribution in [0.4, 0.5) is 5.69 Å². The zero-order valence-corrected chi connectivity index (χ0v) is 16.1. The molecule has 0 unspecified atom stereocenters. The van der Waals surface area contributed by atoms with Gasteiger partial charge in [-0.05, 0) is 30.2 Å². The summed E-state index contributed by atoms with van der Waals surface area (Å²) < 4.78 is 0. The van der Waals surface area contributed by atoms with Crippen LogP contribution in [0.5, 0.6) is 0 Å². The topological polar surface area (TPSA) is 37.4 Å². The van der Waals surface area contributed by atoms with Crippen LogP contribution >= 0.6 is 0 Å². The Kier molecular flexibility index (Phi) is 5.41. The Balaban J connectivity index is 1.92. The Labute approximate surface area is 161 Å². The van der Waals surface area contributed by atoms with E-state index in [1.807, 2.05) is 6.08 Å².